The highest BCUT2D eigenvalue weighted by Crippen LogP contribution is 2.32. The van der Waals surface area contributed by atoms with E-state index in [1.165, 1.54) is 0 Å². The van der Waals surface area contributed by atoms with Gasteiger partial charge in [0.15, 0.2) is 11.5 Å². The molecule has 0 bridgehead atoms. The van der Waals surface area contributed by atoms with E-state index in [1.54, 1.807) is 18.2 Å². The highest BCUT2D eigenvalue weighted by atomic mass is 16.7. The molecule has 7 nitrogen and oxygen atoms in total. The Morgan fingerprint density at radius 3 is 2.72 bits per heavy atom. The van der Waals surface area contributed by atoms with Crippen molar-refractivity contribution in [2.45, 2.75) is 13.5 Å². The molecule has 1 N–H and O–H groups in total. The van der Waals surface area contributed by atoms with Crippen LogP contribution in [-0.4, -0.2) is 22.9 Å². The van der Waals surface area contributed by atoms with Gasteiger partial charge in [-0.1, -0.05) is 17.7 Å². The van der Waals surface area contributed by atoms with Gasteiger partial charge in [0.2, 0.25) is 18.6 Å². The predicted molar refractivity (Wildman–Crippen MR) is 88.2 cm³/mol. The molecule has 4 rings (SSSR count). The van der Waals surface area contributed by atoms with Crippen molar-refractivity contribution < 1.29 is 18.7 Å². The van der Waals surface area contributed by atoms with Crippen LogP contribution in [-0.2, 0) is 6.54 Å². The molecule has 0 fully saturated rings. The first-order chi connectivity index (χ1) is 12.2. The van der Waals surface area contributed by atoms with Crippen LogP contribution in [0.25, 0.3) is 11.5 Å². The average molecular weight is 337 g/mol. The van der Waals surface area contributed by atoms with Crippen LogP contribution in [0.1, 0.15) is 21.8 Å². The van der Waals surface area contributed by atoms with E-state index in [4.69, 9.17) is 13.9 Å². The van der Waals surface area contributed by atoms with Crippen LogP contribution in [0.5, 0.6) is 11.5 Å². The molecule has 1 aliphatic heterocycles. The fourth-order valence-corrected chi connectivity index (χ4v) is 2.43. The number of hydrogen-bond donors (Lipinski definition) is 1. The van der Waals surface area contributed by atoms with Gasteiger partial charge < -0.3 is 19.2 Å². The summed E-state index contributed by atoms with van der Waals surface area (Å²) in [5.74, 6) is 1.70. The summed E-state index contributed by atoms with van der Waals surface area (Å²) in [7, 11) is 0. The summed E-state index contributed by atoms with van der Waals surface area (Å²) in [6, 6.07) is 12.8. The van der Waals surface area contributed by atoms with Gasteiger partial charge in [-0.15, -0.1) is 10.2 Å². The minimum Gasteiger partial charge on any atom is -0.454 e. The van der Waals surface area contributed by atoms with Crippen molar-refractivity contribution >= 4 is 5.91 Å². The zero-order valence-electron chi connectivity index (χ0n) is 13.5. The number of fused-ring (bicyclic) bond motifs is 1. The topological polar surface area (TPSA) is 86.5 Å². The van der Waals surface area contributed by atoms with Crippen molar-refractivity contribution in [3.05, 3.63) is 59.5 Å². The molecule has 0 atom stereocenters. The number of nitrogens with one attached hydrogen (secondary N) is 1. The number of amides is 1. The van der Waals surface area contributed by atoms with Crippen molar-refractivity contribution in [2.75, 3.05) is 6.79 Å². The minimum absolute atomic E-state index is 0.145. The third-order valence-electron chi connectivity index (χ3n) is 3.80. The molecule has 1 aliphatic rings. The highest BCUT2D eigenvalue weighted by molar-refractivity contribution is 5.94. The van der Waals surface area contributed by atoms with Gasteiger partial charge in [-0.05, 0) is 37.3 Å². The van der Waals surface area contributed by atoms with Crippen molar-refractivity contribution in [2.24, 2.45) is 0 Å². The van der Waals surface area contributed by atoms with E-state index in [9.17, 15) is 4.79 Å². The van der Waals surface area contributed by atoms with Gasteiger partial charge in [-0.25, -0.2) is 0 Å². The van der Waals surface area contributed by atoms with E-state index < -0.39 is 0 Å². The third-order valence-corrected chi connectivity index (χ3v) is 3.80. The van der Waals surface area contributed by atoms with E-state index >= 15 is 0 Å². The molecule has 1 aromatic heterocycles. The number of carbonyl (C=O) groups excluding carboxylic acids is 1. The first-order valence-corrected chi connectivity index (χ1v) is 7.76. The van der Waals surface area contributed by atoms with Crippen molar-refractivity contribution in [1.82, 2.24) is 15.5 Å². The zero-order chi connectivity index (χ0) is 17.2. The standard InChI is InChI=1S/C18H15N3O4/c1-11-2-4-12(5-3-11)18-21-20-16(25-18)9-19-17(22)13-6-7-14-15(8-13)24-10-23-14/h2-8H,9-10H2,1H3,(H,19,22). The molecule has 2 aromatic carbocycles. The molecule has 25 heavy (non-hydrogen) atoms. The lowest BCUT2D eigenvalue weighted by Crippen LogP contribution is -2.22. The lowest BCUT2D eigenvalue weighted by molar-refractivity contribution is 0.0947. The lowest BCUT2D eigenvalue weighted by Gasteiger charge is -2.03. The number of aromatic nitrogens is 2. The molecule has 1 amide bonds. The number of rotatable bonds is 4. The van der Waals surface area contributed by atoms with Crippen molar-refractivity contribution in [3.63, 3.8) is 0 Å². The SMILES string of the molecule is Cc1ccc(-c2nnc(CNC(=O)c3ccc4c(c3)OCO4)o2)cc1. The molecule has 0 unspecified atom stereocenters. The average Bonchev–Trinajstić information content (AvgIpc) is 3.29. The Balaban J connectivity index is 1.41. The smallest absolute Gasteiger partial charge is 0.251 e. The number of ether oxygens (including phenoxy) is 2. The fraction of sp³-hybridized carbons (Fsp3) is 0.167. The second kappa shape index (κ2) is 6.27. The second-order valence-electron chi connectivity index (χ2n) is 5.62. The summed E-state index contributed by atoms with van der Waals surface area (Å²) < 4.78 is 16.1. The van der Waals surface area contributed by atoms with Crippen LogP contribution in [0.15, 0.2) is 46.9 Å². The molecule has 0 spiro atoms. The molecular weight excluding hydrogens is 322 g/mol. The molecule has 3 aromatic rings. The first kappa shape index (κ1) is 15.2. The molecule has 0 saturated heterocycles. The highest BCUT2D eigenvalue weighted by Gasteiger charge is 2.16. The Morgan fingerprint density at radius 1 is 1.08 bits per heavy atom. The van der Waals surface area contributed by atoms with Gasteiger partial charge in [-0.2, -0.15) is 0 Å². The summed E-state index contributed by atoms with van der Waals surface area (Å²) in [6.07, 6.45) is 0. The van der Waals surface area contributed by atoms with Crippen LogP contribution in [0.2, 0.25) is 0 Å². The van der Waals surface area contributed by atoms with E-state index in [-0.39, 0.29) is 19.2 Å². The molecule has 126 valence electrons. The minimum atomic E-state index is -0.256. The van der Waals surface area contributed by atoms with Crippen LogP contribution in [0, 0.1) is 6.92 Å². The maximum Gasteiger partial charge on any atom is 0.251 e. The van der Waals surface area contributed by atoms with Crippen LogP contribution < -0.4 is 14.8 Å². The predicted octanol–water partition coefficient (Wildman–Crippen LogP) is 2.70. The molecule has 7 heteroatoms. The fourth-order valence-electron chi connectivity index (χ4n) is 2.43. The monoisotopic (exact) mass is 337 g/mol. The van der Waals surface area contributed by atoms with Gasteiger partial charge in [0, 0.05) is 11.1 Å². The van der Waals surface area contributed by atoms with E-state index in [1.807, 2.05) is 31.2 Å². The van der Waals surface area contributed by atoms with Gasteiger partial charge in [0.05, 0.1) is 6.54 Å². The van der Waals surface area contributed by atoms with Crippen molar-refractivity contribution in [1.29, 1.82) is 0 Å². The molecular formula is C18H15N3O4. The van der Waals surface area contributed by atoms with Crippen molar-refractivity contribution in [3.8, 4) is 23.0 Å². The Kier molecular flexibility index (Phi) is 3.81. The molecule has 2 heterocycles. The third kappa shape index (κ3) is 3.16. The quantitative estimate of drug-likeness (QED) is 0.788. The summed E-state index contributed by atoms with van der Waals surface area (Å²) in [6.45, 7) is 2.32. The van der Waals surface area contributed by atoms with Crippen LogP contribution in [0.3, 0.4) is 0 Å². The molecule has 0 aliphatic carbocycles. The first-order valence-electron chi connectivity index (χ1n) is 7.76. The summed E-state index contributed by atoms with van der Waals surface area (Å²) in [5, 5.41) is 10.7. The number of hydrogen-bond acceptors (Lipinski definition) is 6. The van der Waals surface area contributed by atoms with Crippen LogP contribution >= 0.6 is 0 Å². The molecule has 0 radical (unpaired) electrons. The van der Waals surface area contributed by atoms with E-state index in [0.29, 0.717) is 28.8 Å². The van der Waals surface area contributed by atoms with Crippen LogP contribution in [0.4, 0.5) is 0 Å². The Morgan fingerprint density at radius 2 is 1.88 bits per heavy atom. The molecule has 0 saturated carbocycles. The van der Waals surface area contributed by atoms with Gasteiger partial charge in [-0.3, -0.25) is 4.79 Å². The Labute approximate surface area is 143 Å². The largest absolute Gasteiger partial charge is 0.454 e. The number of aryl methyl sites for hydroxylation is 1. The zero-order valence-corrected chi connectivity index (χ0v) is 13.5. The van der Waals surface area contributed by atoms with E-state index in [2.05, 4.69) is 15.5 Å². The lowest BCUT2D eigenvalue weighted by atomic mass is 10.1. The maximum atomic E-state index is 12.2. The Hall–Kier alpha value is -3.35. The summed E-state index contributed by atoms with van der Waals surface area (Å²) >= 11 is 0. The number of carbonyl (C=O) groups is 1. The van der Waals surface area contributed by atoms with Gasteiger partial charge >= 0.3 is 0 Å². The normalized spacial score (nSPS) is 12.2. The second-order valence-corrected chi connectivity index (χ2v) is 5.62. The Bertz CT molecular complexity index is 918. The van der Waals surface area contributed by atoms with Gasteiger partial charge in [0.25, 0.3) is 5.91 Å². The maximum absolute atomic E-state index is 12.2. The number of benzene rings is 2. The summed E-state index contributed by atoms with van der Waals surface area (Å²) in [4.78, 5) is 12.2. The van der Waals surface area contributed by atoms with Gasteiger partial charge in [0.1, 0.15) is 0 Å². The number of nitrogens with zero attached hydrogens (tertiary/aromatic N) is 2. The summed E-state index contributed by atoms with van der Waals surface area (Å²) in [5.41, 5.74) is 2.47. The van der Waals surface area contributed by atoms with E-state index in [0.717, 1.165) is 11.1 Å².